The fraction of sp³-hybridized carbons (Fsp3) is 0.556. The molecule has 6 heteroatoms. The molecule has 1 saturated carbocycles. The number of hydrogen-bond acceptors (Lipinski definition) is 6. The Morgan fingerprint density at radius 3 is 2.96 bits per heavy atom. The van der Waals surface area contributed by atoms with Gasteiger partial charge in [-0.15, -0.1) is 0 Å². The fourth-order valence-electron chi connectivity index (χ4n) is 3.75. The maximum atomic E-state index is 6.15. The average Bonchev–Trinajstić information content (AvgIpc) is 3.21. The van der Waals surface area contributed by atoms with E-state index in [-0.39, 0.29) is 12.2 Å². The third kappa shape index (κ3) is 3.36. The summed E-state index contributed by atoms with van der Waals surface area (Å²) in [5.41, 5.74) is 2.15. The van der Waals surface area contributed by atoms with E-state index in [1.807, 2.05) is 25.1 Å². The van der Waals surface area contributed by atoms with Crippen LogP contribution in [-0.4, -0.2) is 46.4 Å². The summed E-state index contributed by atoms with van der Waals surface area (Å²) < 4.78 is 17.4. The minimum atomic E-state index is 0.147. The molecular weight excluding hydrogens is 306 g/mol. The molecule has 24 heavy (non-hydrogen) atoms. The maximum Gasteiger partial charge on any atom is 0.133 e. The van der Waals surface area contributed by atoms with Gasteiger partial charge in [-0.05, 0) is 37.5 Å². The minimum Gasteiger partial charge on any atom is -0.373 e. The normalized spacial score (nSPS) is 27.3. The quantitative estimate of drug-likeness (QED) is 0.839. The highest BCUT2D eigenvalue weighted by Crippen LogP contribution is 2.33. The van der Waals surface area contributed by atoms with Crippen molar-refractivity contribution in [3.8, 4) is 0 Å². The van der Waals surface area contributed by atoms with Crippen molar-refractivity contribution >= 4 is 0 Å². The molecule has 2 aliphatic rings. The van der Waals surface area contributed by atoms with E-state index in [4.69, 9.17) is 14.0 Å². The lowest BCUT2D eigenvalue weighted by Gasteiger charge is -2.38. The van der Waals surface area contributed by atoms with Crippen LogP contribution in [0.25, 0.3) is 0 Å². The van der Waals surface area contributed by atoms with Crippen LogP contribution >= 0.6 is 0 Å². The Bertz CT molecular complexity index is 661. The Kier molecular flexibility index (Phi) is 4.60. The summed E-state index contributed by atoms with van der Waals surface area (Å²) in [5, 5.41) is 4.12. The van der Waals surface area contributed by atoms with Crippen molar-refractivity contribution in [2.45, 2.75) is 51.2 Å². The first-order valence-electron chi connectivity index (χ1n) is 8.58. The molecular formula is C18H23N3O3. The third-order valence-corrected chi connectivity index (χ3v) is 4.91. The first kappa shape index (κ1) is 15.7. The van der Waals surface area contributed by atoms with Crippen LogP contribution in [0.1, 0.15) is 29.9 Å². The van der Waals surface area contributed by atoms with Crippen molar-refractivity contribution in [2.75, 3.05) is 13.2 Å². The van der Waals surface area contributed by atoms with Gasteiger partial charge in [-0.1, -0.05) is 5.16 Å². The Labute approximate surface area is 141 Å². The average molecular weight is 329 g/mol. The standard InChI is InChI=1S/C18H23N3O3/c1-13-10-15(20-24-13)11-21-8-9-22-18-16(21)2-3-17(18)23-12-14-4-6-19-7-5-14/h4-7,10,16-18H,2-3,8-9,11-12H2,1H3/t16-,17+,18+/m0/s1. The van der Waals surface area contributed by atoms with E-state index in [1.165, 1.54) is 0 Å². The lowest BCUT2D eigenvalue weighted by atomic mass is 10.1. The van der Waals surface area contributed by atoms with Crippen molar-refractivity contribution in [1.29, 1.82) is 0 Å². The third-order valence-electron chi connectivity index (χ3n) is 4.91. The molecule has 0 N–H and O–H groups in total. The fourth-order valence-corrected chi connectivity index (χ4v) is 3.75. The number of ether oxygens (including phenoxy) is 2. The number of fused-ring (bicyclic) bond motifs is 1. The molecule has 1 aliphatic heterocycles. The van der Waals surface area contributed by atoms with Crippen LogP contribution in [0.3, 0.4) is 0 Å². The Balaban J connectivity index is 1.37. The first-order valence-corrected chi connectivity index (χ1v) is 8.58. The molecule has 128 valence electrons. The van der Waals surface area contributed by atoms with E-state index in [0.717, 1.165) is 49.6 Å². The molecule has 0 radical (unpaired) electrons. The van der Waals surface area contributed by atoms with E-state index in [2.05, 4.69) is 15.0 Å². The predicted molar refractivity (Wildman–Crippen MR) is 87.2 cm³/mol. The highest BCUT2D eigenvalue weighted by Gasteiger charge is 2.43. The van der Waals surface area contributed by atoms with E-state index in [9.17, 15) is 0 Å². The van der Waals surface area contributed by atoms with Crippen LogP contribution in [0.15, 0.2) is 35.1 Å². The van der Waals surface area contributed by atoms with Gasteiger partial charge in [-0.2, -0.15) is 0 Å². The summed E-state index contributed by atoms with van der Waals surface area (Å²) >= 11 is 0. The number of aryl methyl sites for hydroxylation is 1. The van der Waals surface area contributed by atoms with Crippen molar-refractivity contribution in [2.24, 2.45) is 0 Å². The predicted octanol–water partition coefficient (Wildman–Crippen LogP) is 2.33. The van der Waals surface area contributed by atoms with E-state index < -0.39 is 0 Å². The monoisotopic (exact) mass is 329 g/mol. The topological polar surface area (TPSA) is 60.6 Å². The molecule has 0 spiro atoms. The van der Waals surface area contributed by atoms with Crippen LogP contribution < -0.4 is 0 Å². The molecule has 0 unspecified atom stereocenters. The van der Waals surface area contributed by atoms with Gasteiger partial charge < -0.3 is 14.0 Å². The van der Waals surface area contributed by atoms with Crippen LogP contribution in [0.5, 0.6) is 0 Å². The zero-order valence-corrected chi connectivity index (χ0v) is 13.9. The van der Waals surface area contributed by atoms with Crippen LogP contribution in [0, 0.1) is 6.92 Å². The molecule has 0 amide bonds. The highest BCUT2D eigenvalue weighted by molar-refractivity contribution is 5.09. The van der Waals surface area contributed by atoms with Gasteiger partial charge in [0, 0.05) is 37.6 Å². The molecule has 0 bridgehead atoms. The zero-order valence-electron chi connectivity index (χ0n) is 13.9. The second kappa shape index (κ2) is 7.01. The maximum absolute atomic E-state index is 6.15. The largest absolute Gasteiger partial charge is 0.373 e. The highest BCUT2D eigenvalue weighted by atomic mass is 16.5. The number of morpholine rings is 1. The molecule has 4 rings (SSSR count). The van der Waals surface area contributed by atoms with Gasteiger partial charge in [0.1, 0.15) is 5.76 Å². The van der Waals surface area contributed by atoms with Crippen molar-refractivity contribution < 1.29 is 14.0 Å². The molecule has 0 aromatic carbocycles. The number of aromatic nitrogens is 2. The SMILES string of the molecule is Cc1cc(CN2CCO[C@H]3[C@H](OCc4ccncc4)CC[C@@H]32)no1. The van der Waals surface area contributed by atoms with Gasteiger partial charge in [0.25, 0.3) is 0 Å². The second-order valence-electron chi connectivity index (χ2n) is 6.58. The lowest BCUT2D eigenvalue weighted by molar-refractivity contribution is -0.119. The molecule has 2 aromatic heterocycles. The molecule has 1 aliphatic carbocycles. The summed E-state index contributed by atoms with van der Waals surface area (Å²) in [6.45, 7) is 5.04. The summed E-state index contributed by atoms with van der Waals surface area (Å²) in [6, 6.07) is 6.40. The lowest BCUT2D eigenvalue weighted by Crippen LogP contribution is -2.51. The van der Waals surface area contributed by atoms with Crippen LogP contribution in [-0.2, 0) is 22.6 Å². The van der Waals surface area contributed by atoms with Gasteiger partial charge >= 0.3 is 0 Å². The van der Waals surface area contributed by atoms with Gasteiger partial charge in [-0.25, -0.2) is 0 Å². The van der Waals surface area contributed by atoms with E-state index >= 15 is 0 Å². The zero-order chi connectivity index (χ0) is 16.4. The molecule has 3 heterocycles. The Morgan fingerprint density at radius 2 is 2.17 bits per heavy atom. The van der Waals surface area contributed by atoms with Gasteiger partial charge in [-0.3, -0.25) is 9.88 Å². The molecule has 3 atom stereocenters. The summed E-state index contributed by atoms with van der Waals surface area (Å²) in [5.74, 6) is 0.861. The van der Waals surface area contributed by atoms with Gasteiger partial charge in [0.2, 0.25) is 0 Å². The van der Waals surface area contributed by atoms with E-state index in [1.54, 1.807) is 12.4 Å². The number of hydrogen-bond donors (Lipinski definition) is 0. The van der Waals surface area contributed by atoms with Crippen LogP contribution in [0.2, 0.25) is 0 Å². The van der Waals surface area contributed by atoms with Crippen LogP contribution in [0.4, 0.5) is 0 Å². The smallest absolute Gasteiger partial charge is 0.133 e. The van der Waals surface area contributed by atoms with Gasteiger partial charge in [0.15, 0.2) is 0 Å². The Morgan fingerprint density at radius 1 is 1.29 bits per heavy atom. The molecule has 1 saturated heterocycles. The van der Waals surface area contributed by atoms with Gasteiger partial charge in [0.05, 0.1) is 31.1 Å². The second-order valence-corrected chi connectivity index (χ2v) is 6.58. The van der Waals surface area contributed by atoms with Crippen molar-refractivity contribution in [1.82, 2.24) is 15.0 Å². The molecule has 6 nitrogen and oxygen atoms in total. The molecule has 2 aromatic rings. The number of rotatable bonds is 5. The Hall–Kier alpha value is -1.76. The summed E-state index contributed by atoms with van der Waals surface area (Å²) in [7, 11) is 0. The van der Waals surface area contributed by atoms with E-state index in [0.29, 0.717) is 12.6 Å². The summed E-state index contributed by atoms with van der Waals surface area (Å²) in [4.78, 5) is 6.50. The first-order chi connectivity index (χ1) is 11.8. The number of pyridine rings is 1. The summed E-state index contributed by atoms with van der Waals surface area (Å²) in [6.07, 6.45) is 6.04. The molecule has 2 fully saturated rings. The minimum absolute atomic E-state index is 0.147. The van der Waals surface area contributed by atoms with Crippen molar-refractivity contribution in [3.63, 3.8) is 0 Å². The number of nitrogens with zero attached hydrogens (tertiary/aromatic N) is 3. The van der Waals surface area contributed by atoms with Crippen molar-refractivity contribution in [3.05, 3.63) is 47.6 Å².